The van der Waals surface area contributed by atoms with Crippen molar-refractivity contribution in [3.8, 4) is 22.9 Å². The summed E-state index contributed by atoms with van der Waals surface area (Å²) < 4.78 is 45.9. The molecule has 0 bridgehead atoms. The molecule has 18 heteroatoms. The van der Waals surface area contributed by atoms with Crippen molar-refractivity contribution in [1.82, 2.24) is 30.1 Å². The lowest BCUT2D eigenvalue weighted by atomic mass is 9.78. The van der Waals surface area contributed by atoms with E-state index in [0.29, 0.717) is 46.9 Å². The van der Waals surface area contributed by atoms with Gasteiger partial charge in [-0.2, -0.15) is 9.79 Å². The van der Waals surface area contributed by atoms with Crippen molar-refractivity contribution in [2.75, 3.05) is 19.5 Å². The number of nitrogens with zero attached hydrogens (tertiary/aromatic N) is 6. The van der Waals surface area contributed by atoms with Crippen LogP contribution < -0.4 is 25.4 Å². The number of amides is 2. The Morgan fingerprint density at radius 2 is 1.56 bits per heavy atom. The van der Waals surface area contributed by atoms with Crippen molar-refractivity contribution in [2.45, 2.75) is 72.3 Å². The van der Waals surface area contributed by atoms with Crippen molar-refractivity contribution in [3.05, 3.63) is 142 Å². The molecule has 7 rings (SSSR count). The van der Waals surface area contributed by atoms with Crippen molar-refractivity contribution in [1.29, 1.82) is 0 Å². The first-order valence-electron chi connectivity index (χ1n) is 21.3. The monoisotopic (exact) mass is 916 g/mol. The number of pyridine rings is 1. The minimum absolute atomic E-state index is 0.0391. The van der Waals surface area contributed by atoms with Gasteiger partial charge in [0.15, 0.2) is 12.5 Å². The molecule has 2 N–H and O–H groups in total. The van der Waals surface area contributed by atoms with Crippen molar-refractivity contribution in [2.24, 2.45) is 18.0 Å². The van der Waals surface area contributed by atoms with Gasteiger partial charge in [-0.15, -0.1) is 10.2 Å². The molecule has 0 radical (unpaired) electrons. The zero-order valence-electron chi connectivity index (χ0n) is 37.9. The molecule has 2 heterocycles. The summed E-state index contributed by atoms with van der Waals surface area (Å²) in [5, 5.41) is 18.3. The molecule has 1 aliphatic carbocycles. The SMILES string of the molecule is CNC(=O)c1cn(COC(=O)CC(C)(C)c2c(C)cc(C)cc2OP(=O)(OCc2ccccc2)OCc2ccccc2)c(=NC(=O)C2CC2)cc1Nc1cccc(-c2nnn(C)n2)c1OC. The molecule has 1 fully saturated rings. The Morgan fingerprint density at radius 3 is 2.15 bits per heavy atom. The highest BCUT2D eigenvalue weighted by Gasteiger charge is 2.36. The number of rotatable bonds is 19. The van der Waals surface area contributed by atoms with Gasteiger partial charge in [0, 0.05) is 36.2 Å². The van der Waals surface area contributed by atoms with E-state index in [1.165, 1.54) is 29.7 Å². The summed E-state index contributed by atoms with van der Waals surface area (Å²) in [4.78, 5) is 46.4. The lowest BCUT2D eigenvalue weighted by molar-refractivity contribution is -0.148. The van der Waals surface area contributed by atoms with Gasteiger partial charge in [-0.05, 0) is 72.4 Å². The Bertz CT molecular complexity index is 2800. The Morgan fingerprint density at radius 1 is 0.894 bits per heavy atom. The number of hydrogen-bond donors (Lipinski definition) is 2. The van der Waals surface area contributed by atoms with Crippen LogP contribution in [0.1, 0.15) is 71.3 Å². The molecule has 0 atom stereocenters. The second-order valence-electron chi connectivity index (χ2n) is 16.6. The van der Waals surface area contributed by atoms with Crippen LogP contribution in [0.5, 0.6) is 11.5 Å². The van der Waals surface area contributed by atoms with E-state index in [-0.39, 0.29) is 55.0 Å². The van der Waals surface area contributed by atoms with Gasteiger partial charge >= 0.3 is 13.8 Å². The van der Waals surface area contributed by atoms with Crippen LogP contribution in [-0.4, -0.2) is 56.7 Å². The van der Waals surface area contributed by atoms with E-state index >= 15 is 0 Å². The summed E-state index contributed by atoms with van der Waals surface area (Å²) in [6.45, 7) is 7.02. The molecule has 0 spiro atoms. The van der Waals surface area contributed by atoms with Crippen molar-refractivity contribution in [3.63, 3.8) is 0 Å². The molecule has 0 unspecified atom stereocenters. The number of para-hydroxylation sites is 1. The van der Waals surface area contributed by atoms with Gasteiger partial charge in [0.2, 0.25) is 5.82 Å². The Balaban J connectivity index is 1.16. The predicted octanol–water partition coefficient (Wildman–Crippen LogP) is 8.03. The van der Waals surface area contributed by atoms with Crippen LogP contribution in [0, 0.1) is 19.8 Å². The van der Waals surface area contributed by atoms with Gasteiger partial charge in [0.25, 0.3) is 11.8 Å². The molecule has 66 heavy (non-hydrogen) atoms. The maximum atomic E-state index is 14.6. The number of nitrogens with one attached hydrogen (secondary N) is 2. The second kappa shape index (κ2) is 20.5. The summed E-state index contributed by atoms with van der Waals surface area (Å²) in [5.74, 6) is -0.679. The number of phosphoric acid groups is 1. The van der Waals surface area contributed by atoms with Crippen LogP contribution in [-0.2, 0) is 60.3 Å². The van der Waals surface area contributed by atoms with Crippen LogP contribution >= 0.6 is 7.82 Å². The van der Waals surface area contributed by atoms with E-state index in [4.69, 9.17) is 23.0 Å². The topological polar surface area (TPSA) is 199 Å². The maximum absolute atomic E-state index is 14.6. The molecule has 17 nitrogen and oxygen atoms in total. The highest BCUT2D eigenvalue weighted by Crippen LogP contribution is 2.53. The van der Waals surface area contributed by atoms with E-state index in [2.05, 4.69) is 31.0 Å². The quantitative estimate of drug-likeness (QED) is 0.0585. The molecule has 0 aliphatic heterocycles. The molecule has 1 aliphatic rings. The number of aromatic nitrogens is 5. The second-order valence-corrected chi connectivity index (χ2v) is 18.2. The van der Waals surface area contributed by atoms with Crippen molar-refractivity contribution >= 4 is 37.0 Å². The number of phosphoric ester groups is 1. The van der Waals surface area contributed by atoms with Gasteiger partial charge in [-0.3, -0.25) is 28.0 Å². The summed E-state index contributed by atoms with van der Waals surface area (Å²) in [7, 11) is 0.349. The van der Waals surface area contributed by atoms with E-state index < -0.39 is 25.1 Å². The molecule has 6 aromatic rings. The number of tetrazole rings is 1. The highest BCUT2D eigenvalue weighted by molar-refractivity contribution is 7.48. The van der Waals surface area contributed by atoms with Crippen LogP contribution in [0.4, 0.5) is 11.4 Å². The fourth-order valence-corrected chi connectivity index (χ4v) is 8.66. The number of hydrogen-bond acceptors (Lipinski definition) is 13. The Hall–Kier alpha value is -6.94. The number of methoxy groups -OCH3 is 1. The number of aryl methyl sites for hydroxylation is 3. The number of esters is 1. The normalized spacial score (nSPS) is 13.0. The largest absolute Gasteiger partial charge is 0.530 e. The zero-order valence-corrected chi connectivity index (χ0v) is 38.8. The van der Waals surface area contributed by atoms with Gasteiger partial charge < -0.3 is 24.6 Å². The van der Waals surface area contributed by atoms with Crippen LogP contribution in [0.3, 0.4) is 0 Å². The smallest absolute Gasteiger partial charge is 0.494 e. The number of benzene rings is 4. The maximum Gasteiger partial charge on any atom is 0.530 e. The fourth-order valence-electron chi connectivity index (χ4n) is 7.48. The molecule has 0 saturated heterocycles. The summed E-state index contributed by atoms with van der Waals surface area (Å²) in [6, 6.07) is 29.1. The van der Waals surface area contributed by atoms with E-state index in [0.717, 1.165) is 22.3 Å². The first-order valence-corrected chi connectivity index (χ1v) is 22.8. The summed E-state index contributed by atoms with van der Waals surface area (Å²) in [6.07, 6.45) is 2.75. The molecule has 4 aromatic carbocycles. The molecular weight excluding hydrogens is 864 g/mol. The third-order valence-electron chi connectivity index (χ3n) is 10.7. The summed E-state index contributed by atoms with van der Waals surface area (Å²) >= 11 is 0. The zero-order chi connectivity index (χ0) is 47.0. The lowest BCUT2D eigenvalue weighted by Gasteiger charge is -2.30. The number of carbonyl (C=O) groups is 3. The Labute approximate surface area is 382 Å². The van der Waals surface area contributed by atoms with E-state index in [1.807, 2.05) is 94.4 Å². The first-order chi connectivity index (χ1) is 31.6. The molecule has 344 valence electrons. The van der Waals surface area contributed by atoms with Gasteiger partial charge in [-0.1, -0.05) is 86.6 Å². The molecule has 1 saturated carbocycles. The highest BCUT2D eigenvalue weighted by atomic mass is 31.2. The molecule has 2 amide bonds. The van der Waals surface area contributed by atoms with Crippen molar-refractivity contribution < 1.29 is 42.0 Å². The van der Waals surface area contributed by atoms with Gasteiger partial charge in [-0.25, -0.2) is 4.57 Å². The third-order valence-corrected chi connectivity index (χ3v) is 12.1. The number of carbonyl (C=O) groups excluding carboxylic acids is 3. The van der Waals surface area contributed by atoms with Crippen LogP contribution in [0.25, 0.3) is 11.4 Å². The number of ether oxygens (including phenoxy) is 2. The predicted molar refractivity (Wildman–Crippen MR) is 246 cm³/mol. The van der Waals surface area contributed by atoms with Gasteiger partial charge in [0.1, 0.15) is 11.2 Å². The van der Waals surface area contributed by atoms with E-state index in [9.17, 15) is 18.9 Å². The summed E-state index contributed by atoms with van der Waals surface area (Å²) in [5.41, 5.74) is 4.41. The van der Waals surface area contributed by atoms with Crippen LogP contribution in [0.2, 0.25) is 0 Å². The Kier molecular flexibility index (Phi) is 14.6. The fraction of sp³-hybridized carbons (Fsp3) is 0.312. The molecular formula is C48H53N8O9P. The average Bonchev–Trinajstić information content (AvgIpc) is 4.06. The van der Waals surface area contributed by atoms with Gasteiger partial charge in [0.05, 0.1) is 56.3 Å². The standard InChI is InChI=1S/C48H53N8O9P/c1-31-23-32(2)43(40(24-31)65-66(60,63-28-33-15-10-8-11-16-33)64-29-34-17-12-9-13-18-34)48(3,4)26-42(57)62-30-56-27-37(47(59)49-5)39(25-41(56)51-46(58)35-21-22-35)50-38-20-14-19-36(44(38)61-7)45-52-54-55(6)53-45/h8-20,23-25,27,35,50H,21-22,26,28-30H2,1-7H3,(H,49,59). The first kappa shape index (κ1) is 47.0. The lowest BCUT2D eigenvalue weighted by Crippen LogP contribution is -2.30. The average molecular weight is 917 g/mol. The third kappa shape index (κ3) is 11.7. The van der Waals surface area contributed by atoms with E-state index in [1.54, 1.807) is 37.4 Å². The van der Waals surface area contributed by atoms with Crippen LogP contribution in [0.15, 0.2) is 108 Å². The molecule has 2 aromatic heterocycles. The minimum atomic E-state index is -4.29. The minimum Gasteiger partial charge on any atom is -0.494 e. The number of anilines is 2.